The summed E-state index contributed by atoms with van der Waals surface area (Å²) in [5.41, 5.74) is 1.20. The first-order valence-corrected chi connectivity index (χ1v) is 7.10. The minimum atomic E-state index is -0.462. The molecule has 0 atom stereocenters. The van der Waals surface area contributed by atoms with Crippen molar-refractivity contribution in [2.24, 2.45) is 0 Å². The van der Waals surface area contributed by atoms with Gasteiger partial charge in [0, 0.05) is 24.2 Å². The first kappa shape index (κ1) is 16.0. The highest BCUT2D eigenvalue weighted by molar-refractivity contribution is 6.17. The van der Waals surface area contributed by atoms with Crippen LogP contribution in [0.2, 0.25) is 0 Å². The van der Waals surface area contributed by atoms with Crippen molar-refractivity contribution in [1.29, 1.82) is 0 Å². The maximum Gasteiger partial charge on any atom is 0.289 e. The zero-order chi connectivity index (χ0) is 16.3. The number of carbonyl (C=O) groups is 1. The van der Waals surface area contributed by atoms with E-state index >= 15 is 0 Å². The molecule has 1 amide bonds. The molecule has 0 aliphatic rings. The number of alkyl halides is 1. The zero-order valence-electron chi connectivity index (χ0n) is 12.2. The van der Waals surface area contributed by atoms with Crippen LogP contribution in [0, 0.1) is 17.0 Å². The number of carbonyl (C=O) groups excluding carboxylic acids is 1. The molecule has 7 heteroatoms. The monoisotopic (exact) mass is 322 g/mol. The molecule has 0 fully saturated rings. The van der Waals surface area contributed by atoms with E-state index in [0.29, 0.717) is 11.3 Å². The lowest BCUT2D eigenvalue weighted by Gasteiger charge is -2.15. The van der Waals surface area contributed by atoms with Gasteiger partial charge in [-0.05, 0) is 13.0 Å². The van der Waals surface area contributed by atoms with Gasteiger partial charge < -0.3 is 9.32 Å². The van der Waals surface area contributed by atoms with E-state index in [-0.39, 0.29) is 29.8 Å². The molecule has 1 heterocycles. The highest BCUT2D eigenvalue weighted by Gasteiger charge is 2.21. The summed E-state index contributed by atoms with van der Waals surface area (Å²) in [4.78, 5) is 24.2. The Morgan fingerprint density at radius 3 is 2.64 bits per heavy atom. The van der Waals surface area contributed by atoms with Crippen LogP contribution in [0.5, 0.6) is 0 Å². The van der Waals surface area contributed by atoms with E-state index in [1.54, 1.807) is 38.2 Å². The lowest BCUT2D eigenvalue weighted by atomic mass is 10.1. The van der Waals surface area contributed by atoms with Crippen molar-refractivity contribution in [3.8, 4) is 0 Å². The van der Waals surface area contributed by atoms with Crippen LogP contribution in [-0.4, -0.2) is 22.8 Å². The maximum atomic E-state index is 12.3. The molecule has 6 nitrogen and oxygen atoms in total. The summed E-state index contributed by atoms with van der Waals surface area (Å²) in [5, 5.41) is 11.0. The molecule has 0 aliphatic carbocycles. The average Bonchev–Trinajstić information content (AvgIpc) is 2.87. The largest absolute Gasteiger partial charge is 0.456 e. The number of hydrogen-bond acceptors (Lipinski definition) is 4. The van der Waals surface area contributed by atoms with Crippen LogP contribution in [0.25, 0.3) is 0 Å². The van der Waals surface area contributed by atoms with Crippen molar-refractivity contribution < 1.29 is 14.1 Å². The van der Waals surface area contributed by atoms with Crippen LogP contribution in [0.4, 0.5) is 5.69 Å². The highest BCUT2D eigenvalue weighted by Crippen LogP contribution is 2.21. The van der Waals surface area contributed by atoms with Crippen LogP contribution in [0.1, 0.15) is 27.4 Å². The fourth-order valence-corrected chi connectivity index (χ4v) is 2.36. The second-order valence-corrected chi connectivity index (χ2v) is 5.14. The lowest BCUT2D eigenvalue weighted by Crippen LogP contribution is -2.26. The van der Waals surface area contributed by atoms with Crippen LogP contribution >= 0.6 is 11.6 Å². The molecule has 0 aliphatic heterocycles. The number of rotatable bonds is 5. The molecule has 0 N–H and O–H groups in total. The minimum absolute atomic E-state index is 0.0146. The molecular formula is C15H15ClN2O4. The predicted molar refractivity (Wildman–Crippen MR) is 81.9 cm³/mol. The summed E-state index contributed by atoms with van der Waals surface area (Å²) < 4.78 is 5.39. The van der Waals surface area contributed by atoms with E-state index in [9.17, 15) is 14.9 Å². The van der Waals surface area contributed by atoms with Gasteiger partial charge in [0.25, 0.3) is 11.6 Å². The summed E-state index contributed by atoms with van der Waals surface area (Å²) in [6.45, 7) is 1.85. The normalized spacial score (nSPS) is 10.5. The van der Waals surface area contributed by atoms with Gasteiger partial charge >= 0.3 is 0 Å². The molecule has 0 saturated carbocycles. The van der Waals surface area contributed by atoms with Crippen molar-refractivity contribution in [3.63, 3.8) is 0 Å². The Bertz CT molecular complexity index is 711. The second-order valence-electron chi connectivity index (χ2n) is 4.87. The summed E-state index contributed by atoms with van der Waals surface area (Å²) in [6, 6.07) is 7.92. The number of benzene rings is 1. The molecule has 116 valence electrons. The molecule has 1 aromatic heterocycles. The Balaban J connectivity index is 2.20. The van der Waals surface area contributed by atoms with Gasteiger partial charge in [-0.2, -0.15) is 0 Å². The molecule has 2 rings (SSSR count). The van der Waals surface area contributed by atoms with E-state index in [1.165, 1.54) is 11.0 Å². The molecule has 0 radical (unpaired) electrons. The smallest absolute Gasteiger partial charge is 0.289 e. The zero-order valence-corrected chi connectivity index (χ0v) is 13.0. The van der Waals surface area contributed by atoms with Crippen LogP contribution < -0.4 is 0 Å². The van der Waals surface area contributed by atoms with Gasteiger partial charge in [-0.15, -0.1) is 11.6 Å². The van der Waals surface area contributed by atoms with Crippen molar-refractivity contribution in [2.75, 3.05) is 7.05 Å². The second kappa shape index (κ2) is 6.62. The summed E-state index contributed by atoms with van der Waals surface area (Å²) >= 11 is 5.76. The maximum absolute atomic E-state index is 12.3. The topological polar surface area (TPSA) is 76.6 Å². The van der Waals surface area contributed by atoms with Gasteiger partial charge in [-0.1, -0.05) is 18.2 Å². The molecule has 2 aromatic rings. The Morgan fingerprint density at radius 2 is 2.05 bits per heavy atom. The summed E-state index contributed by atoms with van der Waals surface area (Å²) in [5.74, 6) is 0.681. The summed E-state index contributed by atoms with van der Waals surface area (Å²) in [7, 11) is 1.57. The first-order valence-electron chi connectivity index (χ1n) is 6.57. The first-order chi connectivity index (χ1) is 10.4. The highest BCUT2D eigenvalue weighted by atomic mass is 35.5. The van der Waals surface area contributed by atoms with Crippen LogP contribution in [0.3, 0.4) is 0 Å². The third kappa shape index (κ3) is 3.28. The van der Waals surface area contributed by atoms with Gasteiger partial charge in [0.2, 0.25) is 0 Å². The number of aryl methyl sites for hydroxylation is 1. The number of halogens is 1. The molecule has 0 unspecified atom stereocenters. The van der Waals surface area contributed by atoms with Crippen molar-refractivity contribution in [2.45, 2.75) is 19.3 Å². The van der Waals surface area contributed by atoms with E-state index < -0.39 is 4.92 Å². The Labute approximate surface area is 132 Å². The third-order valence-electron chi connectivity index (χ3n) is 3.32. The van der Waals surface area contributed by atoms with E-state index in [1.807, 2.05) is 0 Å². The molecule has 0 bridgehead atoms. The fourth-order valence-electron chi connectivity index (χ4n) is 2.10. The number of para-hydroxylation sites is 1. The van der Waals surface area contributed by atoms with Gasteiger partial charge in [-0.3, -0.25) is 14.9 Å². The van der Waals surface area contributed by atoms with E-state index in [4.69, 9.17) is 16.0 Å². The molecule has 1 aromatic carbocycles. The van der Waals surface area contributed by atoms with Crippen molar-refractivity contribution in [1.82, 2.24) is 4.90 Å². The van der Waals surface area contributed by atoms with Crippen LogP contribution in [-0.2, 0) is 12.4 Å². The summed E-state index contributed by atoms with van der Waals surface area (Å²) in [6.07, 6.45) is 0. The van der Waals surface area contributed by atoms with Crippen LogP contribution in [0.15, 0.2) is 34.7 Å². The van der Waals surface area contributed by atoms with E-state index in [2.05, 4.69) is 0 Å². The quantitative estimate of drug-likeness (QED) is 0.479. The number of hydrogen-bond donors (Lipinski definition) is 0. The Morgan fingerprint density at radius 1 is 1.36 bits per heavy atom. The Kier molecular flexibility index (Phi) is 4.82. The molecule has 0 spiro atoms. The predicted octanol–water partition coefficient (Wildman–Crippen LogP) is 3.51. The number of nitro benzene ring substituents is 1. The molecule has 0 saturated heterocycles. The van der Waals surface area contributed by atoms with Gasteiger partial charge in [0.15, 0.2) is 5.76 Å². The van der Waals surface area contributed by atoms with Crippen molar-refractivity contribution >= 4 is 23.2 Å². The molecular weight excluding hydrogens is 308 g/mol. The number of furan rings is 1. The molecule has 22 heavy (non-hydrogen) atoms. The minimum Gasteiger partial charge on any atom is -0.456 e. The van der Waals surface area contributed by atoms with Crippen molar-refractivity contribution in [3.05, 3.63) is 63.1 Å². The standard InChI is InChI=1S/C15H15ClN2O4/c1-10-12(8-16)7-14(22-10)15(19)17(2)9-11-5-3-4-6-13(11)18(20)21/h3-7H,8-9H2,1-2H3. The number of nitro groups is 1. The Hall–Kier alpha value is -2.34. The lowest BCUT2D eigenvalue weighted by molar-refractivity contribution is -0.385. The van der Waals surface area contributed by atoms with Gasteiger partial charge in [0.1, 0.15) is 5.76 Å². The number of nitrogens with zero attached hydrogens (tertiary/aromatic N) is 2. The third-order valence-corrected chi connectivity index (χ3v) is 3.61. The van der Waals surface area contributed by atoms with Gasteiger partial charge in [0.05, 0.1) is 17.3 Å². The SMILES string of the molecule is Cc1oc(C(=O)N(C)Cc2ccccc2[N+](=O)[O-])cc1CCl. The number of amides is 1. The van der Waals surface area contributed by atoms with Gasteiger partial charge in [-0.25, -0.2) is 0 Å². The average molecular weight is 323 g/mol. The van der Waals surface area contributed by atoms with E-state index in [0.717, 1.165) is 5.56 Å². The fraction of sp³-hybridized carbons (Fsp3) is 0.267.